The number of fused-ring (bicyclic) bond motifs is 1. The van der Waals surface area contributed by atoms with Gasteiger partial charge in [0.25, 0.3) is 5.91 Å². The lowest BCUT2D eigenvalue weighted by Crippen LogP contribution is -2.12. The van der Waals surface area contributed by atoms with Crippen molar-refractivity contribution in [3.63, 3.8) is 0 Å². The molecule has 0 unspecified atom stereocenters. The summed E-state index contributed by atoms with van der Waals surface area (Å²) in [6.07, 6.45) is 0. The second-order valence-corrected chi connectivity index (χ2v) is 5.49. The molecule has 0 spiro atoms. The first-order chi connectivity index (χ1) is 11.1. The maximum absolute atomic E-state index is 12.5. The van der Waals surface area contributed by atoms with Gasteiger partial charge in [-0.2, -0.15) is 0 Å². The van der Waals surface area contributed by atoms with Crippen molar-refractivity contribution in [3.8, 4) is 5.75 Å². The Hall–Kier alpha value is -2.88. The van der Waals surface area contributed by atoms with Crippen LogP contribution in [0.3, 0.4) is 0 Å². The number of aryl methyl sites for hydroxylation is 2. The summed E-state index contributed by atoms with van der Waals surface area (Å²) in [4.78, 5) is 17.0. The van der Waals surface area contributed by atoms with Crippen LogP contribution in [-0.4, -0.2) is 18.0 Å². The van der Waals surface area contributed by atoms with Crippen molar-refractivity contribution in [1.82, 2.24) is 4.98 Å². The fraction of sp³-hybridized carbons (Fsp3) is 0.158. The molecule has 4 heteroatoms. The Morgan fingerprint density at radius 1 is 1.09 bits per heavy atom. The summed E-state index contributed by atoms with van der Waals surface area (Å²) in [5, 5.41) is 3.84. The highest BCUT2D eigenvalue weighted by atomic mass is 16.5. The third-order valence-electron chi connectivity index (χ3n) is 3.71. The zero-order valence-electron chi connectivity index (χ0n) is 13.4. The van der Waals surface area contributed by atoms with Gasteiger partial charge in [-0.25, -0.2) is 4.98 Å². The van der Waals surface area contributed by atoms with E-state index >= 15 is 0 Å². The van der Waals surface area contributed by atoms with E-state index in [1.807, 2.05) is 62.4 Å². The minimum atomic E-state index is -0.139. The van der Waals surface area contributed by atoms with Crippen LogP contribution in [0.5, 0.6) is 5.75 Å². The van der Waals surface area contributed by atoms with E-state index in [4.69, 9.17) is 4.74 Å². The average Bonchev–Trinajstić information content (AvgIpc) is 2.54. The number of carbonyl (C=O) groups excluding carboxylic acids is 1. The largest absolute Gasteiger partial charge is 0.494 e. The van der Waals surface area contributed by atoms with Crippen molar-refractivity contribution in [2.75, 3.05) is 12.4 Å². The van der Waals surface area contributed by atoms with Crippen molar-refractivity contribution in [3.05, 3.63) is 65.4 Å². The number of methoxy groups -OCH3 is 1. The number of ether oxygens (including phenoxy) is 1. The summed E-state index contributed by atoms with van der Waals surface area (Å²) in [5.74, 6) is 0.553. The number of nitrogens with zero attached hydrogens (tertiary/aromatic N) is 1. The minimum Gasteiger partial charge on any atom is -0.494 e. The third kappa shape index (κ3) is 3.01. The minimum absolute atomic E-state index is 0.139. The maximum atomic E-state index is 12.5. The molecule has 1 aromatic heterocycles. The quantitative estimate of drug-likeness (QED) is 0.792. The summed E-state index contributed by atoms with van der Waals surface area (Å²) in [5.41, 5.74) is 4.05. The fourth-order valence-electron chi connectivity index (χ4n) is 2.52. The van der Waals surface area contributed by atoms with Gasteiger partial charge in [0.1, 0.15) is 11.3 Å². The topological polar surface area (TPSA) is 51.2 Å². The first kappa shape index (κ1) is 15.0. The number of pyridine rings is 1. The number of aromatic nitrogens is 1. The summed E-state index contributed by atoms with van der Waals surface area (Å²) in [6, 6.07) is 15.0. The number of anilines is 1. The molecule has 0 aliphatic heterocycles. The Bertz CT molecular complexity index is 870. The lowest BCUT2D eigenvalue weighted by atomic mass is 10.1. The van der Waals surface area contributed by atoms with Crippen LogP contribution in [0, 0.1) is 13.8 Å². The van der Waals surface area contributed by atoms with Gasteiger partial charge in [-0.05, 0) is 38.1 Å². The van der Waals surface area contributed by atoms with Crippen molar-refractivity contribution in [2.45, 2.75) is 13.8 Å². The average molecular weight is 306 g/mol. The molecule has 23 heavy (non-hydrogen) atoms. The molecule has 0 atom stereocenters. The predicted octanol–water partition coefficient (Wildman–Crippen LogP) is 4.11. The Labute approximate surface area is 135 Å². The Morgan fingerprint density at radius 3 is 2.52 bits per heavy atom. The Balaban J connectivity index is 2.02. The van der Waals surface area contributed by atoms with Gasteiger partial charge in [0, 0.05) is 16.6 Å². The van der Waals surface area contributed by atoms with E-state index in [2.05, 4.69) is 10.3 Å². The molecule has 116 valence electrons. The van der Waals surface area contributed by atoms with Gasteiger partial charge >= 0.3 is 0 Å². The second-order valence-electron chi connectivity index (χ2n) is 5.49. The number of para-hydroxylation sites is 1. The number of nitrogens with one attached hydrogen (secondary N) is 1. The van der Waals surface area contributed by atoms with Crippen LogP contribution in [0.15, 0.2) is 48.5 Å². The van der Waals surface area contributed by atoms with E-state index in [0.29, 0.717) is 11.3 Å². The van der Waals surface area contributed by atoms with Gasteiger partial charge < -0.3 is 10.1 Å². The van der Waals surface area contributed by atoms with Crippen molar-refractivity contribution >= 4 is 22.5 Å². The van der Waals surface area contributed by atoms with Crippen LogP contribution in [0.4, 0.5) is 5.69 Å². The van der Waals surface area contributed by atoms with E-state index in [0.717, 1.165) is 27.8 Å². The Morgan fingerprint density at radius 2 is 1.83 bits per heavy atom. The van der Waals surface area contributed by atoms with E-state index in [1.54, 1.807) is 7.11 Å². The standard InChI is InChI=1S/C19H18N2O2/c1-12-7-9-14(10-8-12)19(22)21-16-11-13(2)20-18-15(16)5-4-6-17(18)23-3/h4-11H,1-3H3,(H,20,21,22). The van der Waals surface area contributed by atoms with E-state index in [1.165, 1.54) is 0 Å². The zero-order chi connectivity index (χ0) is 16.4. The molecule has 2 aromatic carbocycles. The molecule has 0 aliphatic carbocycles. The van der Waals surface area contributed by atoms with E-state index in [9.17, 15) is 4.79 Å². The summed E-state index contributed by atoms with van der Waals surface area (Å²) in [7, 11) is 1.61. The molecule has 1 N–H and O–H groups in total. The molecule has 1 amide bonds. The van der Waals surface area contributed by atoms with Crippen LogP contribution in [0.2, 0.25) is 0 Å². The first-order valence-corrected chi connectivity index (χ1v) is 7.41. The first-order valence-electron chi connectivity index (χ1n) is 7.41. The number of hydrogen-bond acceptors (Lipinski definition) is 3. The smallest absolute Gasteiger partial charge is 0.255 e. The molecule has 0 bridgehead atoms. The van der Waals surface area contributed by atoms with Gasteiger partial charge in [-0.1, -0.05) is 29.8 Å². The molecule has 0 fully saturated rings. The summed E-state index contributed by atoms with van der Waals surface area (Å²) in [6.45, 7) is 3.89. The number of benzene rings is 2. The molecule has 4 nitrogen and oxygen atoms in total. The molecular weight excluding hydrogens is 288 g/mol. The summed E-state index contributed by atoms with van der Waals surface area (Å²) >= 11 is 0. The van der Waals surface area contributed by atoms with E-state index < -0.39 is 0 Å². The Kier molecular flexibility index (Phi) is 3.98. The van der Waals surface area contributed by atoms with Gasteiger partial charge in [-0.15, -0.1) is 0 Å². The molecular formula is C19H18N2O2. The van der Waals surface area contributed by atoms with Gasteiger partial charge in [0.05, 0.1) is 12.8 Å². The maximum Gasteiger partial charge on any atom is 0.255 e. The number of hydrogen-bond donors (Lipinski definition) is 1. The molecule has 3 aromatic rings. The van der Waals surface area contributed by atoms with Crippen LogP contribution >= 0.6 is 0 Å². The lowest BCUT2D eigenvalue weighted by Gasteiger charge is -2.12. The predicted molar refractivity (Wildman–Crippen MR) is 92.2 cm³/mol. The van der Waals surface area contributed by atoms with E-state index in [-0.39, 0.29) is 5.91 Å². The lowest BCUT2D eigenvalue weighted by molar-refractivity contribution is 0.102. The SMILES string of the molecule is COc1cccc2c(NC(=O)c3ccc(C)cc3)cc(C)nc12. The molecule has 0 saturated heterocycles. The molecule has 0 radical (unpaired) electrons. The van der Waals surface area contributed by atoms with Crippen LogP contribution < -0.4 is 10.1 Å². The normalized spacial score (nSPS) is 10.6. The number of amides is 1. The monoisotopic (exact) mass is 306 g/mol. The second kappa shape index (κ2) is 6.08. The molecule has 1 heterocycles. The third-order valence-corrected chi connectivity index (χ3v) is 3.71. The van der Waals surface area contributed by atoms with Gasteiger partial charge in [0.15, 0.2) is 0 Å². The zero-order valence-corrected chi connectivity index (χ0v) is 13.4. The van der Waals surface area contributed by atoms with Gasteiger partial charge in [-0.3, -0.25) is 4.79 Å². The van der Waals surface area contributed by atoms with Gasteiger partial charge in [0.2, 0.25) is 0 Å². The highest BCUT2D eigenvalue weighted by Crippen LogP contribution is 2.30. The van der Waals surface area contributed by atoms with Crippen LogP contribution in [0.25, 0.3) is 10.9 Å². The fourth-order valence-corrected chi connectivity index (χ4v) is 2.52. The van der Waals surface area contributed by atoms with Crippen LogP contribution in [0.1, 0.15) is 21.6 Å². The molecule has 0 saturated carbocycles. The highest BCUT2D eigenvalue weighted by Gasteiger charge is 2.12. The summed E-state index contributed by atoms with van der Waals surface area (Å²) < 4.78 is 5.37. The molecule has 0 aliphatic rings. The number of rotatable bonds is 3. The molecule has 3 rings (SSSR count). The van der Waals surface area contributed by atoms with Crippen molar-refractivity contribution < 1.29 is 9.53 Å². The van der Waals surface area contributed by atoms with Crippen molar-refractivity contribution in [2.24, 2.45) is 0 Å². The van der Waals surface area contributed by atoms with Crippen molar-refractivity contribution in [1.29, 1.82) is 0 Å². The number of carbonyl (C=O) groups is 1. The van der Waals surface area contributed by atoms with Crippen LogP contribution in [-0.2, 0) is 0 Å². The highest BCUT2D eigenvalue weighted by molar-refractivity contribution is 6.09.